The molecule has 0 saturated carbocycles. The SMILES string of the molecule is COc1ccc(CC(=O)NCCC(=O)N2CCCC2)c(OC)c1. The number of nitrogens with one attached hydrogen (secondary N) is 1. The standard InChI is InChI=1S/C17H24N2O4/c1-22-14-6-5-13(15(12-14)23-2)11-16(20)18-8-7-17(21)19-9-3-4-10-19/h5-6,12H,3-4,7-11H2,1-2H3,(H,18,20). The molecule has 2 rings (SSSR count). The molecule has 6 heteroatoms. The van der Waals surface area contributed by atoms with E-state index in [1.54, 1.807) is 26.4 Å². The van der Waals surface area contributed by atoms with Gasteiger partial charge in [-0.05, 0) is 18.9 Å². The van der Waals surface area contributed by atoms with Crippen molar-refractivity contribution in [3.63, 3.8) is 0 Å². The highest BCUT2D eigenvalue weighted by Gasteiger charge is 2.17. The van der Waals surface area contributed by atoms with Crippen molar-refractivity contribution < 1.29 is 19.1 Å². The molecule has 1 saturated heterocycles. The maximum Gasteiger partial charge on any atom is 0.224 e. The molecule has 2 amide bonds. The van der Waals surface area contributed by atoms with Gasteiger partial charge in [-0.25, -0.2) is 0 Å². The van der Waals surface area contributed by atoms with Crippen molar-refractivity contribution in [2.24, 2.45) is 0 Å². The van der Waals surface area contributed by atoms with Crippen molar-refractivity contribution in [1.82, 2.24) is 10.2 Å². The number of hydrogen-bond donors (Lipinski definition) is 1. The topological polar surface area (TPSA) is 67.9 Å². The van der Waals surface area contributed by atoms with Crippen LogP contribution >= 0.6 is 0 Å². The number of rotatable bonds is 7. The summed E-state index contributed by atoms with van der Waals surface area (Å²) in [5, 5.41) is 2.79. The lowest BCUT2D eigenvalue weighted by molar-refractivity contribution is -0.130. The Morgan fingerprint density at radius 2 is 1.91 bits per heavy atom. The fraction of sp³-hybridized carbons (Fsp3) is 0.529. The van der Waals surface area contributed by atoms with Crippen molar-refractivity contribution in [2.75, 3.05) is 33.9 Å². The van der Waals surface area contributed by atoms with Gasteiger partial charge in [0.15, 0.2) is 0 Å². The Hall–Kier alpha value is -2.24. The van der Waals surface area contributed by atoms with Crippen molar-refractivity contribution in [3.8, 4) is 11.5 Å². The monoisotopic (exact) mass is 320 g/mol. The highest BCUT2D eigenvalue weighted by Crippen LogP contribution is 2.24. The smallest absolute Gasteiger partial charge is 0.224 e. The molecule has 1 heterocycles. The van der Waals surface area contributed by atoms with Crippen LogP contribution in [0.5, 0.6) is 11.5 Å². The largest absolute Gasteiger partial charge is 0.497 e. The zero-order valence-electron chi connectivity index (χ0n) is 13.8. The Balaban J connectivity index is 1.79. The molecular weight excluding hydrogens is 296 g/mol. The van der Waals surface area contributed by atoms with Crippen LogP contribution in [0.4, 0.5) is 0 Å². The first-order valence-electron chi connectivity index (χ1n) is 7.89. The lowest BCUT2D eigenvalue weighted by Crippen LogP contribution is -2.33. The number of carbonyl (C=O) groups is 2. The number of nitrogens with zero attached hydrogens (tertiary/aromatic N) is 1. The average molecular weight is 320 g/mol. The van der Waals surface area contributed by atoms with E-state index in [4.69, 9.17) is 9.47 Å². The van der Waals surface area contributed by atoms with Gasteiger partial charge in [0.05, 0.1) is 20.6 Å². The quantitative estimate of drug-likeness (QED) is 0.824. The maximum atomic E-state index is 12.0. The lowest BCUT2D eigenvalue weighted by Gasteiger charge is -2.15. The van der Waals surface area contributed by atoms with E-state index in [2.05, 4.69) is 5.32 Å². The number of ether oxygens (including phenoxy) is 2. The van der Waals surface area contributed by atoms with E-state index in [1.807, 2.05) is 11.0 Å². The van der Waals surface area contributed by atoms with Crippen LogP contribution in [0.3, 0.4) is 0 Å². The summed E-state index contributed by atoms with van der Waals surface area (Å²) >= 11 is 0. The van der Waals surface area contributed by atoms with E-state index in [0.29, 0.717) is 24.5 Å². The van der Waals surface area contributed by atoms with Crippen LogP contribution in [-0.2, 0) is 16.0 Å². The summed E-state index contributed by atoms with van der Waals surface area (Å²) < 4.78 is 10.4. The fourth-order valence-electron chi connectivity index (χ4n) is 2.67. The second-order valence-electron chi connectivity index (χ2n) is 5.54. The summed E-state index contributed by atoms with van der Waals surface area (Å²) in [6.45, 7) is 2.05. The average Bonchev–Trinajstić information content (AvgIpc) is 3.09. The number of amides is 2. The number of likely N-dealkylation sites (tertiary alicyclic amines) is 1. The van der Waals surface area contributed by atoms with Crippen LogP contribution in [0.2, 0.25) is 0 Å². The van der Waals surface area contributed by atoms with Crippen LogP contribution in [0.1, 0.15) is 24.8 Å². The number of methoxy groups -OCH3 is 2. The third-order valence-electron chi connectivity index (χ3n) is 3.97. The minimum Gasteiger partial charge on any atom is -0.497 e. The molecule has 1 aromatic carbocycles. The summed E-state index contributed by atoms with van der Waals surface area (Å²) in [4.78, 5) is 25.8. The summed E-state index contributed by atoms with van der Waals surface area (Å²) in [6, 6.07) is 5.36. The number of benzene rings is 1. The highest BCUT2D eigenvalue weighted by molar-refractivity contribution is 5.81. The summed E-state index contributed by atoms with van der Waals surface area (Å²) in [7, 11) is 3.14. The van der Waals surface area contributed by atoms with E-state index in [-0.39, 0.29) is 18.2 Å². The second-order valence-corrected chi connectivity index (χ2v) is 5.54. The van der Waals surface area contributed by atoms with Gasteiger partial charge in [-0.1, -0.05) is 6.07 Å². The van der Waals surface area contributed by atoms with Gasteiger partial charge >= 0.3 is 0 Å². The molecule has 126 valence electrons. The molecule has 0 radical (unpaired) electrons. The van der Waals surface area contributed by atoms with Gasteiger partial charge in [-0.3, -0.25) is 9.59 Å². The predicted molar refractivity (Wildman–Crippen MR) is 86.7 cm³/mol. The second kappa shape index (κ2) is 8.41. The Labute approximate surface area is 136 Å². The Bertz CT molecular complexity index is 554. The van der Waals surface area contributed by atoms with Gasteiger partial charge in [0.25, 0.3) is 0 Å². The minimum absolute atomic E-state index is 0.116. The lowest BCUT2D eigenvalue weighted by atomic mass is 10.1. The minimum atomic E-state index is -0.123. The van der Waals surface area contributed by atoms with Gasteiger partial charge in [-0.15, -0.1) is 0 Å². The maximum absolute atomic E-state index is 12.0. The van der Waals surface area contributed by atoms with Crippen molar-refractivity contribution in [1.29, 1.82) is 0 Å². The summed E-state index contributed by atoms with van der Waals surface area (Å²) in [5.41, 5.74) is 0.789. The van der Waals surface area contributed by atoms with Crippen LogP contribution in [-0.4, -0.2) is 50.6 Å². The number of carbonyl (C=O) groups excluding carboxylic acids is 2. The molecule has 6 nitrogen and oxygen atoms in total. The molecule has 1 aliphatic rings. The van der Waals surface area contributed by atoms with Gasteiger partial charge < -0.3 is 19.7 Å². The van der Waals surface area contributed by atoms with E-state index in [9.17, 15) is 9.59 Å². The Kier molecular flexibility index (Phi) is 6.26. The zero-order valence-corrected chi connectivity index (χ0v) is 13.8. The molecule has 23 heavy (non-hydrogen) atoms. The molecule has 0 aromatic heterocycles. The van der Waals surface area contributed by atoms with Crippen molar-refractivity contribution in [2.45, 2.75) is 25.7 Å². The zero-order chi connectivity index (χ0) is 16.7. The third kappa shape index (κ3) is 4.87. The van der Waals surface area contributed by atoms with Crippen LogP contribution < -0.4 is 14.8 Å². The molecule has 1 aromatic rings. The third-order valence-corrected chi connectivity index (χ3v) is 3.97. The van der Waals surface area contributed by atoms with Gasteiger partial charge in [0.1, 0.15) is 11.5 Å². The van der Waals surface area contributed by atoms with E-state index in [0.717, 1.165) is 31.5 Å². The molecule has 0 bridgehead atoms. The first kappa shape index (κ1) is 17.1. The van der Waals surface area contributed by atoms with Crippen LogP contribution in [0, 0.1) is 0 Å². The molecule has 1 N–H and O–H groups in total. The first-order valence-corrected chi connectivity index (χ1v) is 7.89. The molecule has 0 spiro atoms. The van der Waals surface area contributed by atoms with Gasteiger partial charge in [-0.2, -0.15) is 0 Å². The van der Waals surface area contributed by atoms with E-state index >= 15 is 0 Å². The summed E-state index contributed by atoms with van der Waals surface area (Å²) in [5.74, 6) is 1.29. The van der Waals surface area contributed by atoms with E-state index in [1.165, 1.54) is 0 Å². The molecular formula is C17H24N2O4. The molecule has 0 unspecified atom stereocenters. The van der Waals surface area contributed by atoms with Crippen LogP contribution in [0.25, 0.3) is 0 Å². The first-order chi connectivity index (χ1) is 11.1. The molecule has 0 aliphatic carbocycles. The van der Waals surface area contributed by atoms with Crippen molar-refractivity contribution in [3.05, 3.63) is 23.8 Å². The Morgan fingerprint density at radius 1 is 1.17 bits per heavy atom. The fourth-order valence-corrected chi connectivity index (χ4v) is 2.67. The molecule has 1 fully saturated rings. The number of hydrogen-bond acceptors (Lipinski definition) is 4. The molecule has 1 aliphatic heterocycles. The van der Waals surface area contributed by atoms with E-state index < -0.39 is 0 Å². The normalized spacial score (nSPS) is 13.7. The Morgan fingerprint density at radius 3 is 2.57 bits per heavy atom. The van der Waals surface area contributed by atoms with Crippen molar-refractivity contribution >= 4 is 11.8 Å². The highest BCUT2D eigenvalue weighted by atomic mass is 16.5. The van der Waals surface area contributed by atoms with Gasteiger partial charge in [0, 0.05) is 37.7 Å². The van der Waals surface area contributed by atoms with Gasteiger partial charge in [0.2, 0.25) is 11.8 Å². The molecule has 0 atom stereocenters. The predicted octanol–water partition coefficient (Wildman–Crippen LogP) is 1.37. The summed E-state index contributed by atoms with van der Waals surface area (Å²) in [6.07, 6.45) is 2.72. The van der Waals surface area contributed by atoms with Crippen LogP contribution in [0.15, 0.2) is 18.2 Å².